The Morgan fingerprint density at radius 3 is 1.50 bits per heavy atom. The fraction of sp³-hybridized carbons (Fsp3) is 0.280. The van der Waals surface area contributed by atoms with Gasteiger partial charge < -0.3 is 4.74 Å². The Labute approximate surface area is 201 Å². The Hall–Kier alpha value is -2.56. The summed E-state index contributed by atoms with van der Waals surface area (Å²) >= 11 is 0. The molecule has 0 unspecified atom stereocenters. The SMILES string of the molecule is Cc1ccc(S(=O)(=O)OCC(COCc2ccccc2)COS(=O)(=O)c2ccc(C)cc2)cc1. The first-order valence-electron chi connectivity index (χ1n) is 10.7. The van der Waals surface area contributed by atoms with Crippen LogP contribution in [0.1, 0.15) is 16.7 Å². The maximum atomic E-state index is 12.6. The van der Waals surface area contributed by atoms with Gasteiger partial charge in [-0.2, -0.15) is 16.8 Å². The van der Waals surface area contributed by atoms with E-state index < -0.39 is 26.2 Å². The largest absolute Gasteiger partial charge is 0.376 e. The molecule has 34 heavy (non-hydrogen) atoms. The molecule has 0 fully saturated rings. The molecule has 0 saturated heterocycles. The molecule has 0 saturated carbocycles. The van der Waals surface area contributed by atoms with Crippen molar-refractivity contribution in [1.82, 2.24) is 0 Å². The van der Waals surface area contributed by atoms with E-state index in [9.17, 15) is 16.8 Å². The second kappa shape index (κ2) is 11.7. The lowest BCUT2D eigenvalue weighted by atomic mass is 10.2. The normalized spacial score (nSPS) is 12.2. The zero-order valence-corrected chi connectivity index (χ0v) is 20.7. The fourth-order valence-electron chi connectivity index (χ4n) is 2.98. The zero-order valence-electron chi connectivity index (χ0n) is 19.1. The van der Waals surface area contributed by atoms with Crippen molar-refractivity contribution in [2.45, 2.75) is 30.2 Å². The third-order valence-corrected chi connectivity index (χ3v) is 7.59. The predicted molar refractivity (Wildman–Crippen MR) is 128 cm³/mol. The minimum Gasteiger partial charge on any atom is -0.376 e. The van der Waals surface area contributed by atoms with Gasteiger partial charge in [-0.15, -0.1) is 0 Å². The van der Waals surface area contributed by atoms with Gasteiger partial charge in [-0.25, -0.2) is 0 Å². The number of aryl methyl sites for hydroxylation is 2. The number of hydrogen-bond donors (Lipinski definition) is 0. The van der Waals surface area contributed by atoms with E-state index in [0.29, 0.717) is 0 Å². The number of rotatable bonds is 12. The standard InChI is InChI=1S/C25H28O7S2/c1-20-8-12-24(13-9-20)33(26,27)31-18-23(17-30-16-22-6-4-3-5-7-22)19-32-34(28,29)25-14-10-21(2)11-15-25/h3-15,23H,16-19H2,1-2H3. The lowest BCUT2D eigenvalue weighted by molar-refractivity contribution is 0.0497. The molecule has 3 aromatic rings. The second-order valence-electron chi connectivity index (χ2n) is 7.97. The van der Waals surface area contributed by atoms with Crippen molar-refractivity contribution in [2.24, 2.45) is 5.92 Å². The molecule has 0 spiro atoms. The van der Waals surface area contributed by atoms with Crippen LogP contribution in [0.15, 0.2) is 88.7 Å². The molecule has 3 aromatic carbocycles. The van der Waals surface area contributed by atoms with E-state index in [1.807, 2.05) is 44.2 Å². The summed E-state index contributed by atoms with van der Waals surface area (Å²) in [5.74, 6) is -0.649. The minimum absolute atomic E-state index is 0.0234. The molecular weight excluding hydrogens is 476 g/mol. The van der Waals surface area contributed by atoms with Gasteiger partial charge in [-0.1, -0.05) is 65.7 Å². The van der Waals surface area contributed by atoms with Crippen LogP contribution in [0.4, 0.5) is 0 Å². The van der Waals surface area contributed by atoms with Gasteiger partial charge in [-0.3, -0.25) is 8.37 Å². The van der Waals surface area contributed by atoms with Crippen molar-refractivity contribution >= 4 is 20.2 Å². The van der Waals surface area contributed by atoms with Crippen LogP contribution in [0.2, 0.25) is 0 Å². The topological polar surface area (TPSA) is 96.0 Å². The van der Waals surface area contributed by atoms with Crippen molar-refractivity contribution in [2.75, 3.05) is 19.8 Å². The number of hydrogen-bond acceptors (Lipinski definition) is 7. The minimum atomic E-state index is -4.02. The Morgan fingerprint density at radius 2 is 1.06 bits per heavy atom. The van der Waals surface area contributed by atoms with Gasteiger partial charge >= 0.3 is 0 Å². The van der Waals surface area contributed by atoms with Crippen molar-refractivity contribution in [3.8, 4) is 0 Å². The monoisotopic (exact) mass is 504 g/mol. The number of benzene rings is 3. The van der Waals surface area contributed by atoms with Gasteiger partial charge in [0.2, 0.25) is 0 Å². The van der Waals surface area contributed by atoms with Gasteiger partial charge in [0.25, 0.3) is 20.2 Å². The predicted octanol–water partition coefficient (Wildman–Crippen LogP) is 4.25. The van der Waals surface area contributed by atoms with Crippen LogP contribution in [0.5, 0.6) is 0 Å². The van der Waals surface area contributed by atoms with E-state index in [1.165, 1.54) is 24.3 Å². The van der Waals surface area contributed by atoms with E-state index in [0.717, 1.165) is 16.7 Å². The summed E-state index contributed by atoms with van der Waals surface area (Å²) in [7, 11) is -8.04. The quantitative estimate of drug-likeness (QED) is 0.340. The van der Waals surface area contributed by atoms with Crippen LogP contribution in [0.25, 0.3) is 0 Å². The summed E-state index contributed by atoms with van der Waals surface area (Å²) in [6, 6.07) is 22.0. The molecular formula is C25H28O7S2. The molecule has 0 N–H and O–H groups in total. The van der Waals surface area contributed by atoms with E-state index in [1.54, 1.807) is 24.3 Å². The van der Waals surface area contributed by atoms with Gasteiger partial charge in [-0.05, 0) is 43.7 Å². The van der Waals surface area contributed by atoms with E-state index >= 15 is 0 Å². The van der Waals surface area contributed by atoms with Gasteiger partial charge in [0, 0.05) is 5.92 Å². The smallest absolute Gasteiger partial charge is 0.296 e. The van der Waals surface area contributed by atoms with Crippen LogP contribution in [0.3, 0.4) is 0 Å². The van der Waals surface area contributed by atoms with Gasteiger partial charge in [0.05, 0.1) is 36.2 Å². The first-order chi connectivity index (χ1) is 16.2. The summed E-state index contributed by atoms with van der Waals surface area (Å²) in [6.45, 7) is 3.43. The van der Waals surface area contributed by atoms with Crippen LogP contribution in [-0.2, 0) is 39.9 Å². The molecule has 7 nitrogen and oxygen atoms in total. The van der Waals surface area contributed by atoms with E-state index in [2.05, 4.69) is 0 Å². The molecule has 0 aliphatic rings. The van der Waals surface area contributed by atoms with E-state index in [-0.39, 0.29) is 36.2 Å². The Morgan fingerprint density at radius 1 is 0.618 bits per heavy atom. The highest BCUT2D eigenvalue weighted by atomic mass is 32.2. The third-order valence-electron chi connectivity index (χ3n) is 5.00. The summed E-state index contributed by atoms with van der Waals surface area (Å²) in [5.41, 5.74) is 2.77. The van der Waals surface area contributed by atoms with Gasteiger partial charge in [0.1, 0.15) is 0 Å². The maximum absolute atomic E-state index is 12.6. The number of ether oxygens (including phenoxy) is 1. The molecule has 0 bridgehead atoms. The van der Waals surface area contributed by atoms with Crippen LogP contribution >= 0.6 is 0 Å². The molecule has 0 aromatic heterocycles. The first-order valence-corrected chi connectivity index (χ1v) is 13.5. The zero-order chi connectivity index (χ0) is 24.6. The van der Waals surface area contributed by atoms with Crippen molar-refractivity contribution < 1.29 is 29.9 Å². The summed E-state index contributed by atoms with van der Waals surface area (Å²) in [5, 5.41) is 0. The molecule has 0 aliphatic heterocycles. The van der Waals surface area contributed by atoms with Crippen LogP contribution in [-0.4, -0.2) is 36.7 Å². The van der Waals surface area contributed by atoms with Crippen molar-refractivity contribution in [1.29, 1.82) is 0 Å². The Bertz CT molecular complexity index is 1170. The molecule has 9 heteroatoms. The molecule has 0 radical (unpaired) electrons. The molecule has 0 amide bonds. The first kappa shape index (κ1) is 26.1. The maximum Gasteiger partial charge on any atom is 0.296 e. The lowest BCUT2D eigenvalue weighted by Gasteiger charge is -2.17. The van der Waals surface area contributed by atoms with Crippen LogP contribution in [0, 0.1) is 19.8 Å². The fourth-order valence-corrected chi connectivity index (χ4v) is 4.93. The summed E-state index contributed by atoms with van der Waals surface area (Å²) < 4.78 is 66.5. The van der Waals surface area contributed by atoms with Crippen molar-refractivity contribution in [3.63, 3.8) is 0 Å². The highest BCUT2D eigenvalue weighted by Gasteiger charge is 2.22. The molecule has 182 valence electrons. The second-order valence-corrected chi connectivity index (χ2v) is 11.2. The lowest BCUT2D eigenvalue weighted by Crippen LogP contribution is -2.25. The molecule has 0 aliphatic carbocycles. The molecule has 3 rings (SSSR count). The highest BCUT2D eigenvalue weighted by molar-refractivity contribution is 7.87. The van der Waals surface area contributed by atoms with E-state index in [4.69, 9.17) is 13.1 Å². The van der Waals surface area contributed by atoms with Gasteiger partial charge in [0.15, 0.2) is 0 Å². The average molecular weight is 505 g/mol. The Balaban J connectivity index is 1.66. The average Bonchev–Trinajstić information content (AvgIpc) is 2.82. The molecule has 0 heterocycles. The Kier molecular flexibility index (Phi) is 8.98. The van der Waals surface area contributed by atoms with Crippen molar-refractivity contribution in [3.05, 3.63) is 95.6 Å². The third kappa shape index (κ3) is 7.75. The molecule has 0 atom stereocenters. The highest BCUT2D eigenvalue weighted by Crippen LogP contribution is 2.18. The summed E-state index contributed by atoms with van der Waals surface area (Å²) in [4.78, 5) is 0.0468. The summed E-state index contributed by atoms with van der Waals surface area (Å²) in [6.07, 6.45) is 0. The van der Waals surface area contributed by atoms with Crippen LogP contribution < -0.4 is 0 Å².